The molecule has 1 aliphatic rings. The molecule has 0 aliphatic heterocycles. The summed E-state index contributed by atoms with van der Waals surface area (Å²) in [6.45, 7) is 6.58. The number of hydrogen-bond acceptors (Lipinski definition) is 3. The zero-order valence-corrected chi connectivity index (χ0v) is 11.8. The molecule has 0 amide bonds. The van der Waals surface area contributed by atoms with Crippen LogP contribution in [0.15, 0.2) is 18.2 Å². The minimum absolute atomic E-state index is 0.158. The summed E-state index contributed by atoms with van der Waals surface area (Å²) in [5, 5.41) is 14.3. The van der Waals surface area contributed by atoms with Gasteiger partial charge in [-0.3, -0.25) is 10.1 Å². The third-order valence-corrected chi connectivity index (χ3v) is 4.39. The van der Waals surface area contributed by atoms with Gasteiger partial charge >= 0.3 is 0 Å². The van der Waals surface area contributed by atoms with Crippen LogP contribution in [0.5, 0.6) is 0 Å². The lowest BCUT2D eigenvalue weighted by Gasteiger charge is -2.33. The van der Waals surface area contributed by atoms with Gasteiger partial charge in [0.2, 0.25) is 0 Å². The van der Waals surface area contributed by atoms with E-state index in [4.69, 9.17) is 0 Å². The van der Waals surface area contributed by atoms with Crippen LogP contribution < -0.4 is 5.32 Å². The molecule has 4 heteroatoms. The second kappa shape index (κ2) is 5.59. The monoisotopic (exact) mass is 262 g/mol. The number of hydrogen-bond donors (Lipinski definition) is 1. The maximum atomic E-state index is 10.8. The van der Waals surface area contributed by atoms with Crippen LogP contribution in [0.2, 0.25) is 0 Å². The zero-order chi connectivity index (χ0) is 14.0. The van der Waals surface area contributed by atoms with Gasteiger partial charge < -0.3 is 5.32 Å². The van der Waals surface area contributed by atoms with E-state index in [2.05, 4.69) is 19.2 Å². The number of nitrogens with one attached hydrogen (secondary N) is 1. The zero-order valence-electron chi connectivity index (χ0n) is 11.8. The van der Waals surface area contributed by atoms with E-state index >= 15 is 0 Å². The first-order chi connectivity index (χ1) is 8.97. The van der Waals surface area contributed by atoms with Crippen molar-refractivity contribution >= 4 is 11.4 Å². The molecule has 1 aliphatic carbocycles. The maximum Gasteiger partial charge on any atom is 0.271 e. The number of nitro benzene ring substituents is 1. The molecule has 0 heterocycles. The van der Waals surface area contributed by atoms with Crippen molar-refractivity contribution in [1.82, 2.24) is 0 Å². The highest BCUT2D eigenvalue weighted by Gasteiger charge is 2.24. The molecule has 0 saturated heterocycles. The molecular weight excluding hydrogens is 240 g/mol. The van der Waals surface area contributed by atoms with E-state index < -0.39 is 0 Å². The van der Waals surface area contributed by atoms with E-state index in [9.17, 15) is 10.1 Å². The summed E-state index contributed by atoms with van der Waals surface area (Å²) in [5.74, 6) is 1.49. The van der Waals surface area contributed by atoms with Crippen molar-refractivity contribution in [2.75, 3.05) is 5.32 Å². The fourth-order valence-electron chi connectivity index (χ4n) is 2.78. The lowest BCUT2D eigenvalue weighted by Crippen LogP contribution is -2.30. The molecule has 0 spiro atoms. The highest BCUT2D eigenvalue weighted by Crippen LogP contribution is 2.32. The molecule has 1 N–H and O–H groups in total. The molecule has 1 aromatic rings. The molecule has 3 atom stereocenters. The minimum Gasteiger partial charge on any atom is -0.382 e. The molecule has 4 nitrogen and oxygen atoms in total. The summed E-state index contributed by atoms with van der Waals surface area (Å²) in [5.41, 5.74) is 2.13. The molecule has 0 bridgehead atoms. The van der Waals surface area contributed by atoms with E-state index in [-0.39, 0.29) is 10.6 Å². The molecule has 19 heavy (non-hydrogen) atoms. The number of anilines is 1. The third-order valence-electron chi connectivity index (χ3n) is 4.39. The summed E-state index contributed by atoms with van der Waals surface area (Å²) in [4.78, 5) is 10.5. The van der Waals surface area contributed by atoms with Crippen molar-refractivity contribution in [3.63, 3.8) is 0 Å². The smallest absolute Gasteiger partial charge is 0.271 e. The molecule has 1 aromatic carbocycles. The third kappa shape index (κ3) is 3.25. The SMILES string of the molecule is Cc1ccc([N+](=O)[O-])cc1NC1CCC(C)C(C)C1. The number of aryl methyl sites for hydroxylation is 1. The number of nitrogens with zero attached hydrogens (tertiary/aromatic N) is 1. The van der Waals surface area contributed by atoms with Crippen molar-refractivity contribution in [1.29, 1.82) is 0 Å². The summed E-state index contributed by atoms with van der Waals surface area (Å²) < 4.78 is 0. The first-order valence-corrected chi connectivity index (χ1v) is 6.99. The van der Waals surface area contributed by atoms with E-state index in [1.54, 1.807) is 12.1 Å². The van der Waals surface area contributed by atoms with Gasteiger partial charge in [-0.2, -0.15) is 0 Å². The van der Waals surface area contributed by atoms with E-state index in [1.807, 2.05) is 13.0 Å². The molecule has 1 saturated carbocycles. The van der Waals surface area contributed by atoms with Crippen LogP contribution >= 0.6 is 0 Å². The summed E-state index contributed by atoms with van der Waals surface area (Å²) in [6.07, 6.45) is 3.52. The standard InChI is InChI=1S/C15H22N2O2/c1-10-4-6-13(8-12(10)3)16-15-9-14(17(18)19)7-5-11(15)2/h5,7,9-10,12-13,16H,4,6,8H2,1-3H3. The lowest BCUT2D eigenvalue weighted by molar-refractivity contribution is -0.384. The maximum absolute atomic E-state index is 10.8. The van der Waals surface area contributed by atoms with Crippen molar-refractivity contribution in [2.24, 2.45) is 11.8 Å². The lowest BCUT2D eigenvalue weighted by atomic mass is 9.79. The average molecular weight is 262 g/mol. The number of nitro groups is 1. The summed E-state index contributed by atoms with van der Waals surface area (Å²) >= 11 is 0. The molecule has 104 valence electrons. The summed E-state index contributed by atoms with van der Waals surface area (Å²) in [6, 6.07) is 5.46. The van der Waals surface area contributed by atoms with Crippen LogP contribution in [0.3, 0.4) is 0 Å². The summed E-state index contributed by atoms with van der Waals surface area (Å²) in [7, 11) is 0. The normalized spacial score (nSPS) is 27.0. The van der Waals surface area contributed by atoms with Gasteiger partial charge in [0, 0.05) is 23.9 Å². The fraction of sp³-hybridized carbons (Fsp3) is 0.600. The van der Waals surface area contributed by atoms with Crippen LogP contribution in [-0.4, -0.2) is 11.0 Å². The van der Waals surface area contributed by atoms with Crippen LogP contribution in [-0.2, 0) is 0 Å². The first-order valence-electron chi connectivity index (χ1n) is 6.99. The van der Waals surface area contributed by atoms with Crippen LogP contribution in [0, 0.1) is 28.9 Å². The van der Waals surface area contributed by atoms with E-state index in [0.29, 0.717) is 12.0 Å². The Bertz CT molecular complexity index is 473. The Hall–Kier alpha value is -1.58. The topological polar surface area (TPSA) is 55.2 Å². The second-order valence-electron chi connectivity index (χ2n) is 5.87. The van der Waals surface area contributed by atoms with Crippen molar-refractivity contribution in [3.8, 4) is 0 Å². The predicted octanol–water partition coefficient (Wildman–Crippen LogP) is 4.14. The van der Waals surface area contributed by atoms with Gasteiger partial charge in [-0.05, 0) is 43.6 Å². The van der Waals surface area contributed by atoms with Gasteiger partial charge in [-0.15, -0.1) is 0 Å². The molecule has 0 radical (unpaired) electrons. The highest BCUT2D eigenvalue weighted by molar-refractivity contribution is 5.57. The van der Waals surface area contributed by atoms with Crippen LogP contribution in [0.4, 0.5) is 11.4 Å². The van der Waals surface area contributed by atoms with E-state index in [0.717, 1.165) is 30.0 Å². The average Bonchev–Trinajstić information content (AvgIpc) is 2.36. The Balaban J connectivity index is 2.10. The predicted molar refractivity (Wildman–Crippen MR) is 77.4 cm³/mol. The van der Waals surface area contributed by atoms with Gasteiger partial charge in [0.05, 0.1) is 4.92 Å². The van der Waals surface area contributed by atoms with E-state index in [1.165, 1.54) is 6.42 Å². The van der Waals surface area contributed by atoms with Gasteiger partial charge in [-0.25, -0.2) is 0 Å². The Kier molecular flexibility index (Phi) is 4.08. The fourth-order valence-corrected chi connectivity index (χ4v) is 2.78. The van der Waals surface area contributed by atoms with Gasteiger partial charge in [-0.1, -0.05) is 19.9 Å². The highest BCUT2D eigenvalue weighted by atomic mass is 16.6. The Labute approximate surface area is 114 Å². The Morgan fingerprint density at radius 3 is 2.63 bits per heavy atom. The van der Waals surface area contributed by atoms with Crippen molar-refractivity contribution in [2.45, 2.75) is 46.1 Å². The van der Waals surface area contributed by atoms with Crippen molar-refractivity contribution < 1.29 is 4.92 Å². The molecule has 3 unspecified atom stereocenters. The number of non-ortho nitro benzene ring substituents is 1. The number of benzene rings is 1. The molecule has 0 aromatic heterocycles. The largest absolute Gasteiger partial charge is 0.382 e. The second-order valence-corrected chi connectivity index (χ2v) is 5.87. The van der Waals surface area contributed by atoms with Crippen molar-refractivity contribution in [3.05, 3.63) is 33.9 Å². The molecule has 2 rings (SSSR count). The number of rotatable bonds is 3. The Morgan fingerprint density at radius 1 is 1.26 bits per heavy atom. The van der Waals surface area contributed by atoms with Gasteiger partial charge in [0.1, 0.15) is 0 Å². The first kappa shape index (κ1) is 13.8. The minimum atomic E-state index is -0.337. The van der Waals surface area contributed by atoms with Gasteiger partial charge in [0.25, 0.3) is 5.69 Å². The Morgan fingerprint density at radius 2 is 2.00 bits per heavy atom. The quantitative estimate of drug-likeness (QED) is 0.658. The van der Waals surface area contributed by atoms with Crippen LogP contribution in [0.25, 0.3) is 0 Å². The molecule has 1 fully saturated rings. The molecular formula is C15H22N2O2. The van der Waals surface area contributed by atoms with Crippen LogP contribution in [0.1, 0.15) is 38.7 Å². The van der Waals surface area contributed by atoms with Gasteiger partial charge in [0.15, 0.2) is 0 Å².